The molecule has 1 aromatic carbocycles. The van der Waals surface area contributed by atoms with Crippen LogP contribution in [-0.4, -0.2) is 44.3 Å². The summed E-state index contributed by atoms with van der Waals surface area (Å²) < 4.78 is 2.06. The van der Waals surface area contributed by atoms with E-state index in [1.807, 2.05) is 31.3 Å². The normalized spacial score (nSPS) is 18.1. The van der Waals surface area contributed by atoms with Crippen molar-refractivity contribution in [1.29, 1.82) is 0 Å². The van der Waals surface area contributed by atoms with E-state index in [9.17, 15) is 9.59 Å². The zero-order valence-corrected chi connectivity index (χ0v) is 22.3. The van der Waals surface area contributed by atoms with Crippen molar-refractivity contribution < 1.29 is 9.59 Å². The first-order valence-electron chi connectivity index (χ1n) is 13.5. The number of nitrogens with zero attached hydrogens (tertiary/aromatic N) is 4. The first kappa shape index (κ1) is 25.7. The number of amides is 2. The molecular formula is C30H36N6O2. The number of hydrogen-bond acceptors (Lipinski definition) is 5. The zero-order valence-electron chi connectivity index (χ0n) is 22.3. The summed E-state index contributed by atoms with van der Waals surface area (Å²) in [7, 11) is 1.99. The zero-order chi connectivity index (χ0) is 26.8. The molecule has 8 nitrogen and oxygen atoms in total. The van der Waals surface area contributed by atoms with Crippen LogP contribution in [0.25, 0.3) is 27.9 Å². The number of allylic oxidation sites excluding steroid dienone is 2. The molecule has 3 aromatic rings. The van der Waals surface area contributed by atoms with Gasteiger partial charge in [0.15, 0.2) is 0 Å². The Balaban J connectivity index is 1.49. The van der Waals surface area contributed by atoms with E-state index in [-0.39, 0.29) is 11.8 Å². The molecule has 1 aliphatic heterocycles. The minimum atomic E-state index is -0.206. The minimum absolute atomic E-state index is 0.0279. The number of benzene rings is 1. The van der Waals surface area contributed by atoms with Gasteiger partial charge in [-0.3, -0.25) is 9.59 Å². The van der Waals surface area contributed by atoms with Gasteiger partial charge in [0.1, 0.15) is 17.8 Å². The van der Waals surface area contributed by atoms with E-state index in [0.29, 0.717) is 23.0 Å². The van der Waals surface area contributed by atoms with E-state index < -0.39 is 0 Å². The maximum Gasteiger partial charge on any atom is 0.250 e. The van der Waals surface area contributed by atoms with Crippen molar-refractivity contribution in [2.45, 2.75) is 51.9 Å². The van der Waals surface area contributed by atoms with Gasteiger partial charge < -0.3 is 20.5 Å². The van der Waals surface area contributed by atoms with Crippen molar-refractivity contribution in [3.63, 3.8) is 0 Å². The van der Waals surface area contributed by atoms with E-state index >= 15 is 0 Å². The Morgan fingerprint density at radius 3 is 2.42 bits per heavy atom. The number of carbonyl (C=O) groups is 2. The Morgan fingerprint density at radius 2 is 1.79 bits per heavy atom. The van der Waals surface area contributed by atoms with Crippen LogP contribution in [0.15, 0.2) is 48.8 Å². The quantitative estimate of drug-likeness (QED) is 0.450. The van der Waals surface area contributed by atoms with Gasteiger partial charge >= 0.3 is 0 Å². The van der Waals surface area contributed by atoms with Crippen molar-refractivity contribution in [2.75, 3.05) is 24.1 Å². The Labute approximate surface area is 223 Å². The highest BCUT2D eigenvalue weighted by Crippen LogP contribution is 2.43. The van der Waals surface area contributed by atoms with Gasteiger partial charge in [-0.15, -0.1) is 0 Å². The molecule has 0 saturated carbocycles. The summed E-state index contributed by atoms with van der Waals surface area (Å²) >= 11 is 0. The van der Waals surface area contributed by atoms with Gasteiger partial charge in [0.2, 0.25) is 5.91 Å². The molecule has 0 spiro atoms. The van der Waals surface area contributed by atoms with Gasteiger partial charge in [-0.25, -0.2) is 9.97 Å². The number of rotatable bonds is 5. The third-order valence-corrected chi connectivity index (χ3v) is 7.80. The number of hydrogen-bond donors (Lipinski definition) is 2. The first-order valence-corrected chi connectivity index (χ1v) is 13.5. The highest BCUT2D eigenvalue weighted by Gasteiger charge is 2.30. The fraction of sp³-hybridized carbons (Fsp3) is 0.400. The monoisotopic (exact) mass is 512 g/mol. The van der Waals surface area contributed by atoms with E-state index in [1.54, 1.807) is 6.92 Å². The number of anilines is 2. The Bertz CT molecular complexity index is 1410. The van der Waals surface area contributed by atoms with Gasteiger partial charge in [-0.05, 0) is 62.3 Å². The number of nitrogens with one attached hydrogen (secondary N) is 1. The molecule has 0 bridgehead atoms. The number of carbonyl (C=O) groups excluding carboxylic acids is 2. The molecule has 38 heavy (non-hydrogen) atoms. The summed E-state index contributed by atoms with van der Waals surface area (Å²) in [5, 5.41) is 3.70. The summed E-state index contributed by atoms with van der Waals surface area (Å²) in [6, 6.07) is 7.75. The molecule has 198 valence electrons. The maximum atomic E-state index is 13.3. The molecule has 3 N–H and O–H groups in total. The van der Waals surface area contributed by atoms with Crippen molar-refractivity contribution >= 4 is 39.9 Å². The molecule has 1 aliphatic carbocycles. The van der Waals surface area contributed by atoms with Crippen LogP contribution in [-0.2, 0) is 16.6 Å². The van der Waals surface area contributed by atoms with Crippen molar-refractivity contribution in [1.82, 2.24) is 19.4 Å². The van der Waals surface area contributed by atoms with Crippen molar-refractivity contribution in [3.8, 4) is 11.3 Å². The number of aryl methyl sites for hydroxylation is 1. The molecule has 0 unspecified atom stereocenters. The van der Waals surface area contributed by atoms with Crippen LogP contribution >= 0.6 is 0 Å². The van der Waals surface area contributed by atoms with E-state index in [0.717, 1.165) is 73.0 Å². The van der Waals surface area contributed by atoms with E-state index in [1.165, 1.54) is 24.7 Å². The van der Waals surface area contributed by atoms with Crippen LogP contribution in [0.3, 0.4) is 0 Å². The lowest BCUT2D eigenvalue weighted by Crippen LogP contribution is -2.37. The Hall–Kier alpha value is -3.94. The van der Waals surface area contributed by atoms with Crippen LogP contribution in [0.1, 0.15) is 57.4 Å². The lowest BCUT2D eigenvalue weighted by atomic mass is 9.84. The summed E-state index contributed by atoms with van der Waals surface area (Å²) in [5.74, 6) is 0.569. The number of nitrogen functional groups attached to an aromatic ring is 1. The van der Waals surface area contributed by atoms with Gasteiger partial charge in [0, 0.05) is 42.9 Å². The number of aromatic nitrogens is 3. The average Bonchev–Trinajstić information content (AvgIpc) is 3.06. The predicted octanol–water partition coefficient (Wildman–Crippen LogP) is 5.32. The van der Waals surface area contributed by atoms with Gasteiger partial charge in [-0.2, -0.15) is 0 Å². The molecule has 5 rings (SSSR count). The SMILES string of the molecule is C=C(C)C(=O)Nc1ccc(-c2c(C3=CC[C@@H](C(=O)N4CCCCCC4)CC3)c3c(N)ncnc3n2C)cc1. The van der Waals surface area contributed by atoms with Crippen LogP contribution in [0.4, 0.5) is 11.5 Å². The summed E-state index contributed by atoms with van der Waals surface area (Å²) in [6.45, 7) is 7.15. The highest BCUT2D eigenvalue weighted by molar-refractivity contribution is 6.05. The first-order chi connectivity index (χ1) is 18.3. The smallest absolute Gasteiger partial charge is 0.250 e. The molecule has 3 heterocycles. The molecule has 1 saturated heterocycles. The fourth-order valence-corrected chi connectivity index (χ4v) is 5.71. The second-order valence-electron chi connectivity index (χ2n) is 10.5. The summed E-state index contributed by atoms with van der Waals surface area (Å²) in [6.07, 6.45) is 10.7. The standard InChI is InChI=1S/C30H36N6O2/c1-19(2)29(37)34-23-14-12-21(13-15-23)26-24(25-27(31)32-18-33-28(25)35(26)3)20-8-10-22(11-9-20)30(38)36-16-6-4-5-7-17-36/h8,12-15,18,22H,1,4-7,9-11,16-17H2,2-3H3,(H,34,37)(H2,31,32,33)/t22-/m1/s1. The topological polar surface area (TPSA) is 106 Å². The van der Waals surface area contributed by atoms with Crippen LogP contribution < -0.4 is 11.1 Å². The van der Waals surface area contributed by atoms with Crippen molar-refractivity contribution in [3.05, 3.63) is 54.4 Å². The van der Waals surface area contributed by atoms with E-state index in [4.69, 9.17) is 5.73 Å². The third kappa shape index (κ3) is 4.95. The fourth-order valence-electron chi connectivity index (χ4n) is 5.71. The average molecular weight is 513 g/mol. The second kappa shape index (κ2) is 10.8. The largest absolute Gasteiger partial charge is 0.383 e. The van der Waals surface area contributed by atoms with Crippen molar-refractivity contribution in [2.24, 2.45) is 13.0 Å². The molecule has 0 radical (unpaired) electrons. The number of likely N-dealkylation sites (tertiary alicyclic amines) is 1. The molecule has 2 amide bonds. The summed E-state index contributed by atoms with van der Waals surface area (Å²) in [4.78, 5) is 36.3. The lowest BCUT2D eigenvalue weighted by Gasteiger charge is -2.28. The van der Waals surface area contributed by atoms with Gasteiger partial charge in [0.25, 0.3) is 5.91 Å². The highest BCUT2D eigenvalue weighted by atomic mass is 16.2. The van der Waals surface area contributed by atoms with Crippen LogP contribution in [0, 0.1) is 5.92 Å². The Kier molecular flexibility index (Phi) is 7.31. The molecule has 1 atom stereocenters. The summed E-state index contributed by atoms with van der Waals surface area (Å²) in [5.41, 5.74) is 12.5. The molecule has 8 heteroatoms. The maximum absolute atomic E-state index is 13.3. The minimum Gasteiger partial charge on any atom is -0.383 e. The molecule has 1 fully saturated rings. The van der Waals surface area contributed by atoms with Gasteiger partial charge in [0.05, 0.1) is 11.1 Å². The molecular weight excluding hydrogens is 476 g/mol. The van der Waals surface area contributed by atoms with E-state index in [2.05, 4.69) is 37.4 Å². The van der Waals surface area contributed by atoms with Crippen LogP contribution in [0.5, 0.6) is 0 Å². The van der Waals surface area contributed by atoms with Gasteiger partial charge in [-0.1, -0.05) is 37.6 Å². The number of fused-ring (bicyclic) bond motifs is 1. The molecule has 2 aromatic heterocycles. The number of nitrogens with two attached hydrogens (primary N) is 1. The molecule has 2 aliphatic rings. The Morgan fingerprint density at radius 1 is 1.08 bits per heavy atom. The second-order valence-corrected chi connectivity index (χ2v) is 10.5. The third-order valence-electron chi connectivity index (χ3n) is 7.80. The van der Waals surface area contributed by atoms with Crippen LogP contribution in [0.2, 0.25) is 0 Å². The lowest BCUT2D eigenvalue weighted by molar-refractivity contribution is -0.135. The predicted molar refractivity (Wildman–Crippen MR) is 152 cm³/mol.